The number of allylic oxidation sites excluding steroid dienone is 2. The number of aliphatic carboxylic acids is 1. The molecule has 6 heteroatoms. The minimum atomic E-state index is -1.07. The number of carboxylic acid groups (broad SMARTS) is 1. The van der Waals surface area contributed by atoms with Crippen molar-refractivity contribution in [3.8, 4) is 0 Å². The average Bonchev–Trinajstić information content (AvgIpc) is 3.25. The zero-order valence-electron chi connectivity index (χ0n) is 16.7. The third kappa shape index (κ3) is 5.34. The number of amides is 1. The van der Waals surface area contributed by atoms with Gasteiger partial charge in [-0.05, 0) is 42.7 Å². The Bertz CT molecular complexity index is 881. The minimum absolute atomic E-state index is 0.0217. The molecule has 0 spiro atoms. The van der Waals surface area contributed by atoms with Gasteiger partial charge < -0.3 is 15.4 Å². The van der Waals surface area contributed by atoms with Crippen LogP contribution in [0.4, 0.5) is 0 Å². The number of hydrogen-bond donors (Lipinski definition) is 3. The normalized spacial score (nSPS) is 20.4. The molecule has 1 aromatic carbocycles. The number of benzene rings is 1. The number of ketones is 1. The molecule has 1 aromatic heterocycles. The number of aromatic nitrogens is 1. The first-order valence-electron chi connectivity index (χ1n) is 10.2. The molecule has 3 N–H and O–H groups in total. The molecule has 154 valence electrons. The summed E-state index contributed by atoms with van der Waals surface area (Å²) in [6.07, 6.45) is 7.17. The van der Waals surface area contributed by atoms with Crippen LogP contribution in [-0.4, -0.2) is 33.8 Å². The number of Topliss-reactive ketones (excluding diaryl/α,β-unsaturated/α-hetero) is 1. The van der Waals surface area contributed by atoms with Crippen molar-refractivity contribution in [2.45, 2.75) is 51.5 Å². The molecule has 6 nitrogen and oxygen atoms in total. The second kappa shape index (κ2) is 9.54. The van der Waals surface area contributed by atoms with Crippen LogP contribution in [0.2, 0.25) is 0 Å². The van der Waals surface area contributed by atoms with E-state index in [1.807, 2.05) is 49.4 Å². The number of carbonyl (C=O) groups excluding carboxylic acids is 2. The van der Waals surface area contributed by atoms with E-state index in [1.165, 1.54) is 0 Å². The average molecular weight is 396 g/mol. The maximum atomic E-state index is 12.5. The Hall–Kier alpha value is -2.89. The summed E-state index contributed by atoms with van der Waals surface area (Å²) in [5.74, 6) is -1.33. The summed E-state index contributed by atoms with van der Waals surface area (Å²) >= 11 is 0. The zero-order valence-corrected chi connectivity index (χ0v) is 16.7. The highest BCUT2D eigenvalue weighted by Gasteiger charge is 2.35. The molecule has 29 heavy (non-hydrogen) atoms. The Labute approximate surface area is 170 Å². The predicted molar refractivity (Wildman–Crippen MR) is 111 cm³/mol. The van der Waals surface area contributed by atoms with E-state index in [0.29, 0.717) is 19.3 Å². The molecule has 3 atom stereocenters. The van der Waals surface area contributed by atoms with E-state index in [1.54, 1.807) is 0 Å². The highest BCUT2D eigenvalue weighted by molar-refractivity contribution is 5.87. The van der Waals surface area contributed by atoms with E-state index in [2.05, 4.69) is 10.3 Å². The molecule has 1 heterocycles. The zero-order chi connectivity index (χ0) is 20.8. The van der Waals surface area contributed by atoms with Gasteiger partial charge in [0.1, 0.15) is 11.8 Å². The fourth-order valence-corrected chi connectivity index (χ4v) is 4.11. The van der Waals surface area contributed by atoms with Crippen molar-refractivity contribution in [3.05, 3.63) is 48.2 Å². The highest BCUT2D eigenvalue weighted by atomic mass is 16.4. The molecule has 1 fully saturated rings. The van der Waals surface area contributed by atoms with Crippen molar-refractivity contribution >= 4 is 28.6 Å². The van der Waals surface area contributed by atoms with Crippen LogP contribution >= 0.6 is 0 Å². The van der Waals surface area contributed by atoms with Gasteiger partial charge in [0.25, 0.3) is 0 Å². The second-order valence-electron chi connectivity index (χ2n) is 7.74. The van der Waals surface area contributed by atoms with Crippen molar-refractivity contribution in [2.24, 2.45) is 11.8 Å². The standard InChI is InChI=1S/C23H28N2O4/c1-2-3-4-8-18-15(10-11-21(18)26)13-22(27)25-20(23(28)29)14-17-12-16-7-5-6-9-19(16)24-17/h3-7,9,12,15,18,20,24H,2,8,10-11,13-14H2,1H3,(H,25,27)(H,28,29)/t15?,18?,20-/m1/s1. The van der Waals surface area contributed by atoms with Crippen molar-refractivity contribution in [2.75, 3.05) is 0 Å². The van der Waals surface area contributed by atoms with E-state index in [4.69, 9.17) is 0 Å². The lowest BCUT2D eigenvalue weighted by Gasteiger charge is -2.19. The summed E-state index contributed by atoms with van der Waals surface area (Å²) < 4.78 is 0. The van der Waals surface area contributed by atoms with Crippen LogP contribution in [0, 0.1) is 11.8 Å². The molecule has 1 aliphatic carbocycles. The van der Waals surface area contributed by atoms with E-state index < -0.39 is 12.0 Å². The van der Waals surface area contributed by atoms with Gasteiger partial charge in [-0.25, -0.2) is 4.79 Å². The lowest BCUT2D eigenvalue weighted by Crippen LogP contribution is -2.43. The Morgan fingerprint density at radius 2 is 2.10 bits per heavy atom. The van der Waals surface area contributed by atoms with Crippen LogP contribution in [-0.2, 0) is 20.8 Å². The predicted octanol–water partition coefficient (Wildman–Crippen LogP) is 3.62. The summed E-state index contributed by atoms with van der Waals surface area (Å²) in [7, 11) is 0. The maximum Gasteiger partial charge on any atom is 0.326 e. The molecule has 1 aliphatic rings. The number of nitrogens with one attached hydrogen (secondary N) is 2. The summed E-state index contributed by atoms with van der Waals surface area (Å²) in [5, 5.41) is 13.2. The fourth-order valence-electron chi connectivity index (χ4n) is 4.11. The molecule has 3 rings (SSSR count). The number of carbonyl (C=O) groups is 3. The number of rotatable bonds is 9. The maximum absolute atomic E-state index is 12.5. The van der Waals surface area contributed by atoms with Crippen LogP contribution < -0.4 is 5.32 Å². The molecule has 2 aromatic rings. The van der Waals surface area contributed by atoms with Crippen LogP contribution in [0.15, 0.2) is 42.5 Å². The Kier molecular flexibility index (Phi) is 6.86. The number of carboxylic acids is 1. The Morgan fingerprint density at radius 1 is 1.31 bits per heavy atom. The van der Waals surface area contributed by atoms with Gasteiger partial charge in [0, 0.05) is 36.4 Å². The van der Waals surface area contributed by atoms with Gasteiger partial charge in [0.2, 0.25) is 5.91 Å². The van der Waals surface area contributed by atoms with E-state index in [9.17, 15) is 19.5 Å². The molecule has 0 aliphatic heterocycles. The van der Waals surface area contributed by atoms with Crippen LogP contribution in [0.5, 0.6) is 0 Å². The number of fused-ring (bicyclic) bond motifs is 1. The molecule has 1 amide bonds. The van der Waals surface area contributed by atoms with Gasteiger partial charge in [-0.3, -0.25) is 9.59 Å². The first-order chi connectivity index (χ1) is 14.0. The third-order valence-corrected chi connectivity index (χ3v) is 5.63. The topological polar surface area (TPSA) is 99.3 Å². The molecule has 0 saturated heterocycles. The van der Waals surface area contributed by atoms with Gasteiger partial charge in [0.05, 0.1) is 0 Å². The van der Waals surface area contributed by atoms with E-state index >= 15 is 0 Å². The lowest BCUT2D eigenvalue weighted by atomic mass is 9.89. The first-order valence-corrected chi connectivity index (χ1v) is 10.2. The van der Waals surface area contributed by atoms with Gasteiger partial charge in [0.15, 0.2) is 0 Å². The number of H-pyrrole nitrogens is 1. The summed E-state index contributed by atoms with van der Waals surface area (Å²) in [4.78, 5) is 39.6. The molecule has 0 radical (unpaired) electrons. The van der Waals surface area contributed by atoms with Crippen molar-refractivity contribution in [1.29, 1.82) is 0 Å². The second-order valence-corrected chi connectivity index (χ2v) is 7.74. The lowest BCUT2D eigenvalue weighted by molar-refractivity contribution is -0.142. The number of hydrogen-bond acceptors (Lipinski definition) is 3. The number of para-hydroxylation sites is 1. The minimum Gasteiger partial charge on any atom is -0.480 e. The monoisotopic (exact) mass is 396 g/mol. The largest absolute Gasteiger partial charge is 0.480 e. The Balaban J connectivity index is 1.61. The molecule has 1 saturated carbocycles. The van der Waals surface area contributed by atoms with Gasteiger partial charge in [-0.1, -0.05) is 37.3 Å². The van der Waals surface area contributed by atoms with Crippen LogP contribution in [0.1, 0.15) is 44.7 Å². The van der Waals surface area contributed by atoms with Crippen LogP contribution in [0.25, 0.3) is 10.9 Å². The highest BCUT2D eigenvalue weighted by Crippen LogP contribution is 2.34. The smallest absolute Gasteiger partial charge is 0.326 e. The van der Waals surface area contributed by atoms with E-state index in [-0.39, 0.29) is 36.4 Å². The summed E-state index contributed by atoms with van der Waals surface area (Å²) in [6.45, 7) is 2.04. The van der Waals surface area contributed by atoms with Gasteiger partial charge >= 0.3 is 5.97 Å². The molecular weight excluding hydrogens is 368 g/mol. The quantitative estimate of drug-likeness (QED) is 0.564. The molecule has 2 unspecified atom stereocenters. The van der Waals surface area contributed by atoms with Crippen LogP contribution in [0.3, 0.4) is 0 Å². The summed E-state index contributed by atoms with van der Waals surface area (Å²) in [6, 6.07) is 8.61. The SMILES string of the molecule is CCC=CCC1C(=O)CCC1CC(=O)N[C@H](Cc1cc2ccccc2[nH]1)C(=O)O. The Morgan fingerprint density at radius 3 is 2.83 bits per heavy atom. The first kappa shape index (κ1) is 20.8. The fraction of sp³-hybridized carbons (Fsp3) is 0.435. The third-order valence-electron chi connectivity index (χ3n) is 5.63. The summed E-state index contributed by atoms with van der Waals surface area (Å²) in [5.41, 5.74) is 1.70. The number of aromatic amines is 1. The molecular formula is C23H28N2O4. The van der Waals surface area contributed by atoms with Crippen molar-refractivity contribution in [1.82, 2.24) is 10.3 Å². The van der Waals surface area contributed by atoms with Gasteiger partial charge in [-0.2, -0.15) is 0 Å². The van der Waals surface area contributed by atoms with Crippen molar-refractivity contribution < 1.29 is 19.5 Å². The van der Waals surface area contributed by atoms with Gasteiger partial charge in [-0.15, -0.1) is 0 Å². The molecule has 0 bridgehead atoms. The van der Waals surface area contributed by atoms with E-state index in [0.717, 1.165) is 23.0 Å². The van der Waals surface area contributed by atoms with Crippen molar-refractivity contribution in [3.63, 3.8) is 0 Å².